The van der Waals surface area contributed by atoms with Crippen molar-refractivity contribution >= 4 is 10.9 Å². The summed E-state index contributed by atoms with van der Waals surface area (Å²) < 4.78 is 15.3. The Morgan fingerprint density at radius 3 is 3.12 bits per heavy atom. The summed E-state index contributed by atoms with van der Waals surface area (Å²) in [4.78, 5) is 0. The van der Waals surface area contributed by atoms with E-state index < -0.39 is 0 Å². The molecule has 0 saturated heterocycles. The van der Waals surface area contributed by atoms with E-state index in [2.05, 4.69) is 9.88 Å². The number of nitrogens with zero attached hydrogens (tertiary/aromatic N) is 1. The number of rotatable bonds is 0. The van der Waals surface area contributed by atoms with Crippen LogP contribution in [0.2, 0.25) is 0 Å². The first-order valence-electron chi connectivity index (χ1n) is 5.74. The highest BCUT2D eigenvalue weighted by molar-refractivity contribution is 5.85. The molecule has 0 radical (unpaired) electrons. The van der Waals surface area contributed by atoms with Gasteiger partial charge in [-0.2, -0.15) is 0 Å². The van der Waals surface area contributed by atoms with Crippen molar-refractivity contribution in [2.45, 2.75) is 19.4 Å². The first-order valence-corrected chi connectivity index (χ1v) is 5.74. The van der Waals surface area contributed by atoms with Gasteiger partial charge in [-0.1, -0.05) is 0 Å². The number of fused-ring (bicyclic) bond motifs is 3. The number of hydrogen-bond donors (Lipinski definition) is 1. The lowest BCUT2D eigenvalue weighted by molar-refractivity contribution is 0.627. The molecule has 2 nitrogen and oxygen atoms in total. The molecule has 84 valence electrons. The van der Waals surface area contributed by atoms with Crippen molar-refractivity contribution in [1.82, 2.24) is 9.88 Å². The molecule has 1 aromatic carbocycles. The molecule has 0 bridgehead atoms. The highest BCUT2D eigenvalue weighted by Gasteiger charge is 2.16. The minimum absolute atomic E-state index is 0.156. The summed E-state index contributed by atoms with van der Waals surface area (Å²) in [6, 6.07) is 5.10. The van der Waals surface area contributed by atoms with E-state index in [1.54, 1.807) is 12.1 Å². The van der Waals surface area contributed by atoms with E-state index in [4.69, 9.17) is 0 Å². The van der Waals surface area contributed by atoms with Crippen LogP contribution in [0, 0.1) is 5.82 Å². The molecule has 0 amide bonds. The molecule has 1 aliphatic rings. The zero-order valence-corrected chi connectivity index (χ0v) is 9.39. The fourth-order valence-corrected chi connectivity index (χ4v) is 2.64. The van der Waals surface area contributed by atoms with E-state index in [1.165, 1.54) is 16.6 Å². The third-order valence-electron chi connectivity index (χ3n) is 3.47. The minimum atomic E-state index is -0.156. The van der Waals surface area contributed by atoms with Gasteiger partial charge < -0.3 is 9.88 Å². The van der Waals surface area contributed by atoms with Crippen LogP contribution in [0.4, 0.5) is 4.39 Å². The molecule has 1 aliphatic heterocycles. The maximum Gasteiger partial charge on any atom is 0.125 e. The fraction of sp³-hybridized carbons (Fsp3) is 0.385. The van der Waals surface area contributed by atoms with Crippen LogP contribution in [0.25, 0.3) is 10.9 Å². The summed E-state index contributed by atoms with van der Waals surface area (Å²) in [5.41, 5.74) is 3.70. The van der Waals surface area contributed by atoms with E-state index in [0.717, 1.165) is 31.4 Å². The lowest BCUT2D eigenvalue weighted by Gasteiger charge is -2.04. The van der Waals surface area contributed by atoms with Crippen molar-refractivity contribution < 1.29 is 4.39 Å². The third kappa shape index (κ3) is 1.35. The predicted molar refractivity (Wildman–Crippen MR) is 62.9 cm³/mol. The normalized spacial score (nSPS) is 16.1. The Balaban J connectivity index is 2.31. The van der Waals surface area contributed by atoms with Gasteiger partial charge in [-0.05, 0) is 43.1 Å². The van der Waals surface area contributed by atoms with Gasteiger partial charge in [0.25, 0.3) is 0 Å². The SMILES string of the molecule is Cn1c2c(c3ccc(F)cc31)CCCNC2. The topological polar surface area (TPSA) is 17.0 Å². The molecule has 3 rings (SSSR count). The molecule has 2 aromatic rings. The van der Waals surface area contributed by atoms with Gasteiger partial charge in [0.05, 0.1) is 5.52 Å². The fourth-order valence-electron chi connectivity index (χ4n) is 2.64. The van der Waals surface area contributed by atoms with Gasteiger partial charge in [0.2, 0.25) is 0 Å². The van der Waals surface area contributed by atoms with Gasteiger partial charge in [0, 0.05) is 24.7 Å². The quantitative estimate of drug-likeness (QED) is 0.718. The van der Waals surface area contributed by atoms with Gasteiger partial charge in [0.1, 0.15) is 5.82 Å². The van der Waals surface area contributed by atoms with Crippen molar-refractivity contribution in [2.75, 3.05) is 6.54 Å². The van der Waals surface area contributed by atoms with Crippen LogP contribution in [-0.2, 0) is 20.0 Å². The lowest BCUT2D eigenvalue weighted by atomic mass is 10.1. The Hall–Kier alpha value is -1.35. The Labute approximate surface area is 94.1 Å². The molecule has 0 aliphatic carbocycles. The summed E-state index contributed by atoms with van der Waals surface area (Å²) in [6.45, 7) is 1.96. The second kappa shape index (κ2) is 3.59. The molecule has 16 heavy (non-hydrogen) atoms. The van der Waals surface area contributed by atoms with Crippen molar-refractivity contribution in [2.24, 2.45) is 7.05 Å². The van der Waals surface area contributed by atoms with Gasteiger partial charge >= 0.3 is 0 Å². The average Bonchev–Trinajstić information content (AvgIpc) is 2.47. The number of hydrogen-bond acceptors (Lipinski definition) is 1. The largest absolute Gasteiger partial charge is 0.346 e. The van der Waals surface area contributed by atoms with Crippen LogP contribution in [0.5, 0.6) is 0 Å². The molecule has 0 spiro atoms. The molecule has 1 aromatic heterocycles. The summed E-state index contributed by atoms with van der Waals surface area (Å²) in [7, 11) is 2.02. The first-order chi connectivity index (χ1) is 7.77. The summed E-state index contributed by atoms with van der Waals surface area (Å²) >= 11 is 0. The number of halogens is 1. The second-order valence-corrected chi connectivity index (χ2v) is 4.43. The molecule has 1 N–H and O–H groups in total. The molecule has 3 heteroatoms. The summed E-state index contributed by atoms with van der Waals surface area (Å²) in [6.07, 6.45) is 2.24. The van der Waals surface area contributed by atoms with Crippen molar-refractivity contribution in [3.63, 3.8) is 0 Å². The second-order valence-electron chi connectivity index (χ2n) is 4.43. The molecule has 2 heterocycles. The van der Waals surface area contributed by atoms with E-state index in [1.807, 2.05) is 13.1 Å². The molecule has 0 fully saturated rings. The van der Waals surface area contributed by atoms with E-state index >= 15 is 0 Å². The predicted octanol–water partition coefficient (Wildman–Crippen LogP) is 2.35. The third-order valence-corrected chi connectivity index (χ3v) is 3.47. The maximum atomic E-state index is 13.2. The summed E-state index contributed by atoms with van der Waals surface area (Å²) in [5.74, 6) is -0.156. The van der Waals surface area contributed by atoms with Crippen LogP contribution in [0.1, 0.15) is 17.7 Å². The Bertz CT molecular complexity index is 542. The van der Waals surface area contributed by atoms with Gasteiger partial charge in [-0.25, -0.2) is 4.39 Å². The van der Waals surface area contributed by atoms with Crippen LogP contribution in [0.3, 0.4) is 0 Å². The van der Waals surface area contributed by atoms with E-state index in [-0.39, 0.29) is 5.82 Å². The molecule has 0 atom stereocenters. The highest BCUT2D eigenvalue weighted by atomic mass is 19.1. The van der Waals surface area contributed by atoms with Crippen LogP contribution in [-0.4, -0.2) is 11.1 Å². The Morgan fingerprint density at radius 1 is 1.38 bits per heavy atom. The highest BCUT2D eigenvalue weighted by Crippen LogP contribution is 2.28. The summed E-state index contributed by atoms with van der Waals surface area (Å²) in [5, 5.41) is 4.62. The van der Waals surface area contributed by atoms with E-state index in [0.29, 0.717) is 0 Å². The molecule has 0 saturated carbocycles. The van der Waals surface area contributed by atoms with Crippen molar-refractivity contribution in [3.8, 4) is 0 Å². The van der Waals surface area contributed by atoms with Crippen LogP contribution >= 0.6 is 0 Å². The molecular formula is C13H15FN2. The first kappa shape index (κ1) is 9.85. The Kier molecular flexibility index (Phi) is 2.21. The number of benzene rings is 1. The van der Waals surface area contributed by atoms with Gasteiger partial charge in [-0.15, -0.1) is 0 Å². The van der Waals surface area contributed by atoms with Crippen LogP contribution in [0.15, 0.2) is 18.2 Å². The van der Waals surface area contributed by atoms with Crippen molar-refractivity contribution in [3.05, 3.63) is 35.3 Å². The minimum Gasteiger partial charge on any atom is -0.346 e. The average molecular weight is 218 g/mol. The lowest BCUT2D eigenvalue weighted by Crippen LogP contribution is -2.14. The number of nitrogens with one attached hydrogen (secondary N) is 1. The van der Waals surface area contributed by atoms with Gasteiger partial charge in [0.15, 0.2) is 0 Å². The van der Waals surface area contributed by atoms with Crippen LogP contribution < -0.4 is 5.32 Å². The zero-order valence-electron chi connectivity index (χ0n) is 9.39. The van der Waals surface area contributed by atoms with Gasteiger partial charge in [-0.3, -0.25) is 0 Å². The smallest absolute Gasteiger partial charge is 0.125 e. The standard InChI is InChI=1S/C13H15FN2/c1-16-12-7-9(14)4-5-11(12)10-3-2-6-15-8-13(10)16/h4-5,7,15H,2-3,6,8H2,1H3. The monoisotopic (exact) mass is 218 g/mol. The number of aryl methyl sites for hydroxylation is 2. The van der Waals surface area contributed by atoms with E-state index in [9.17, 15) is 4.39 Å². The molecule has 0 unspecified atom stereocenters. The number of aromatic nitrogens is 1. The van der Waals surface area contributed by atoms with Crippen molar-refractivity contribution in [1.29, 1.82) is 0 Å². The maximum absolute atomic E-state index is 13.2. The molecular weight excluding hydrogens is 203 g/mol. The Morgan fingerprint density at radius 2 is 2.25 bits per heavy atom. The zero-order chi connectivity index (χ0) is 11.1.